The van der Waals surface area contributed by atoms with Gasteiger partial charge in [0.1, 0.15) is 0 Å². The fraction of sp³-hybridized carbons (Fsp3) is 0.688. The van der Waals surface area contributed by atoms with Gasteiger partial charge in [0.15, 0.2) is 5.41 Å². The molecule has 2 unspecified atom stereocenters. The number of rotatable bonds is 6. The molecule has 0 aromatic rings. The highest BCUT2D eigenvalue weighted by molar-refractivity contribution is 6.01. The van der Waals surface area contributed by atoms with Crippen LogP contribution in [0.3, 0.4) is 0 Å². The predicted molar refractivity (Wildman–Crippen MR) is 76.6 cm³/mol. The minimum atomic E-state index is -1.23. The van der Waals surface area contributed by atoms with Gasteiger partial charge >= 0.3 is 17.9 Å². The lowest BCUT2D eigenvalue weighted by molar-refractivity contribution is -0.172. The summed E-state index contributed by atoms with van der Waals surface area (Å²) in [6, 6.07) is 0. The largest absolute Gasteiger partial charge is 0.466 e. The molecule has 0 spiro atoms. The Kier molecular flexibility index (Phi) is 4.58. The third kappa shape index (κ3) is 2.51. The van der Waals surface area contributed by atoms with Gasteiger partial charge in [0, 0.05) is 5.57 Å². The highest BCUT2D eigenvalue weighted by Gasteiger charge is 2.69. The normalized spacial score (nSPS) is 27.5. The Labute approximate surface area is 129 Å². The molecule has 122 valence electrons. The molecule has 0 heterocycles. The van der Waals surface area contributed by atoms with Gasteiger partial charge in [-0.15, -0.1) is 0 Å². The van der Waals surface area contributed by atoms with E-state index in [-0.39, 0.29) is 31.0 Å². The van der Waals surface area contributed by atoms with Crippen molar-refractivity contribution >= 4 is 17.9 Å². The molecule has 0 saturated heterocycles. The summed E-state index contributed by atoms with van der Waals surface area (Å²) >= 11 is 0. The van der Waals surface area contributed by atoms with E-state index in [9.17, 15) is 14.4 Å². The molecule has 0 radical (unpaired) electrons. The summed E-state index contributed by atoms with van der Waals surface area (Å²) in [5.41, 5.74) is -0.812. The van der Waals surface area contributed by atoms with E-state index in [1.165, 1.54) is 7.11 Å². The van der Waals surface area contributed by atoms with Crippen molar-refractivity contribution in [1.82, 2.24) is 0 Å². The lowest BCUT2D eigenvalue weighted by Crippen LogP contribution is -2.41. The second kappa shape index (κ2) is 6.10. The Bertz CT molecular complexity index is 477. The van der Waals surface area contributed by atoms with Crippen LogP contribution in [0.1, 0.15) is 26.7 Å². The van der Waals surface area contributed by atoms with Crippen molar-refractivity contribution in [2.24, 2.45) is 23.2 Å². The Morgan fingerprint density at radius 3 is 1.86 bits per heavy atom. The van der Waals surface area contributed by atoms with Crippen LogP contribution in [-0.4, -0.2) is 38.2 Å². The number of esters is 3. The monoisotopic (exact) mass is 310 g/mol. The van der Waals surface area contributed by atoms with E-state index in [0.717, 1.165) is 0 Å². The quantitative estimate of drug-likeness (QED) is 0.320. The highest BCUT2D eigenvalue weighted by atomic mass is 16.6. The number of carbonyl (C=O) groups is 3. The SMILES string of the molecule is C=C(C(=O)OC)C1C2CC(C(=O)OCC)(C(=O)OCC)CC21. The average Bonchev–Trinajstić information content (AvgIpc) is 3.00. The van der Waals surface area contributed by atoms with E-state index >= 15 is 0 Å². The van der Waals surface area contributed by atoms with Crippen LogP contribution < -0.4 is 0 Å². The van der Waals surface area contributed by atoms with Gasteiger partial charge in [-0.25, -0.2) is 4.79 Å². The maximum atomic E-state index is 12.3. The first-order valence-electron chi connectivity index (χ1n) is 7.54. The number of ether oxygens (including phenoxy) is 3. The van der Waals surface area contributed by atoms with E-state index < -0.39 is 23.3 Å². The van der Waals surface area contributed by atoms with E-state index in [2.05, 4.69) is 11.3 Å². The Morgan fingerprint density at radius 1 is 1.05 bits per heavy atom. The molecular formula is C16H22O6. The molecule has 0 aromatic heterocycles. The van der Waals surface area contributed by atoms with Crippen LogP contribution in [-0.2, 0) is 28.6 Å². The molecular weight excluding hydrogens is 288 g/mol. The van der Waals surface area contributed by atoms with Crippen molar-refractivity contribution in [2.45, 2.75) is 26.7 Å². The van der Waals surface area contributed by atoms with Crippen molar-refractivity contribution in [3.05, 3.63) is 12.2 Å². The molecule has 6 nitrogen and oxygen atoms in total. The molecule has 2 saturated carbocycles. The first-order chi connectivity index (χ1) is 10.4. The molecule has 6 heteroatoms. The van der Waals surface area contributed by atoms with Crippen LogP contribution in [0.25, 0.3) is 0 Å². The lowest BCUT2D eigenvalue weighted by Gasteiger charge is -2.27. The number of methoxy groups -OCH3 is 1. The standard InChI is InChI=1S/C16H22O6/c1-5-21-14(18)16(15(19)22-6-2)7-10-11(8-16)12(10)9(3)13(17)20-4/h10-12H,3,5-8H2,1-2,4H3. The van der Waals surface area contributed by atoms with Crippen LogP contribution in [0.4, 0.5) is 0 Å². The Hall–Kier alpha value is -1.85. The Balaban J connectivity index is 2.12. The van der Waals surface area contributed by atoms with Gasteiger partial charge < -0.3 is 14.2 Å². The van der Waals surface area contributed by atoms with Crippen molar-refractivity contribution in [2.75, 3.05) is 20.3 Å². The number of carbonyl (C=O) groups excluding carboxylic acids is 3. The van der Waals surface area contributed by atoms with Gasteiger partial charge in [-0.05, 0) is 44.4 Å². The third-order valence-corrected chi connectivity index (χ3v) is 4.68. The van der Waals surface area contributed by atoms with Gasteiger partial charge in [0.2, 0.25) is 0 Å². The van der Waals surface area contributed by atoms with Gasteiger partial charge in [-0.1, -0.05) is 6.58 Å². The number of hydrogen-bond acceptors (Lipinski definition) is 6. The van der Waals surface area contributed by atoms with Crippen molar-refractivity contribution in [3.63, 3.8) is 0 Å². The second-order valence-corrected chi connectivity index (χ2v) is 5.80. The Morgan fingerprint density at radius 2 is 1.50 bits per heavy atom. The fourth-order valence-electron chi connectivity index (χ4n) is 3.63. The molecule has 2 atom stereocenters. The smallest absolute Gasteiger partial charge is 0.333 e. The molecule has 0 N–H and O–H groups in total. The summed E-state index contributed by atoms with van der Waals surface area (Å²) in [5, 5.41) is 0. The van der Waals surface area contributed by atoms with Crippen molar-refractivity contribution in [1.29, 1.82) is 0 Å². The molecule has 0 bridgehead atoms. The predicted octanol–water partition coefficient (Wildman–Crippen LogP) is 1.48. The maximum absolute atomic E-state index is 12.3. The minimum absolute atomic E-state index is 0.00979. The van der Waals surface area contributed by atoms with Crippen LogP contribution in [0.5, 0.6) is 0 Å². The molecule has 2 aliphatic rings. The number of fused-ring (bicyclic) bond motifs is 1. The van der Waals surface area contributed by atoms with E-state index in [0.29, 0.717) is 18.4 Å². The fourth-order valence-corrected chi connectivity index (χ4v) is 3.63. The average molecular weight is 310 g/mol. The van der Waals surface area contributed by atoms with Gasteiger partial charge in [0.05, 0.1) is 20.3 Å². The summed E-state index contributed by atoms with van der Waals surface area (Å²) < 4.78 is 14.8. The summed E-state index contributed by atoms with van der Waals surface area (Å²) in [7, 11) is 1.31. The molecule has 22 heavy (non-hydrogen) atoms. The van der Waals surface area contributed by atoms with E-state index in [1.54, 1.807) is 13.8 Å². The van der Waals surface area contributed by atoms with Crippen LogP contribution in [0.2, 0.25) is 0 Å². The maximum Gasteiger partial charge on any atom is 0.333 e. The van der Waals surface area contributed by atoms with E-state index in [1.807, 2.05) is 0 Å². The summed E-state index contributed by atoms with van der Waals surface area (Å²) in [6.07, 6.45) is 0.687. The summed E-state index contributed by atoms with van der Waals surface area (Å²) in [6.45, 7) is 7.61. The summed E-state index contributed by atoms with van der Waals surface area (Å²) in [5.74, 6) is -1.33. The van der Waals surface area contributed by atoms with Gasteiger partial charge in [-0.2, -0.15) is 0 Å². The van der Waals surface area contributed by atoms with Crippen LogP contribution >= 0.6 is 0 Å². The van der Waals surface area contributed by atoms with Crippen LogP contribution in [0, 0.1) is 23.2 Å². The number of hydrogen-bond donors (Lipinski definition) is 0. The second-order valence-electron chi connectivity index (χ2n) is 5.80. The molecule has 0 amide bonds. The summed E-state index contributed by atoms with van der Waals surface area (Å²) in [4.78, 5) is 36.1. The molecule has 2 aliphatic carbocycles. The van der Waals surface area contributed by atoms with Gasteiger partial charge in [-0.3, -0.25) is 9.59 Å². The highest BCUT2D eigenvalue weighted by Crippen LogP contribution is 2.66. The zero-order chi connectivity index (χ0) is 16.5. The molecule has 0 aromatic carbocycles. The topological polar surface area (TPSA) is 78.9 Å². The first kappa shape index (κ1) is 16.5. The van der Waals surface area contributed by atoms with E-state index in [4.69, 9.17) is 9.47 Å². The van der Waals surface area contributed by atoms with Crippen molar-refractivity contribution in [3.8, 4) is 0 Å². The lowest BCUT2D eigenvalue weighted by atomic mass is 9.80. The van der Waals surface area contributed by atoms with Crippen LogP contribution in [0.15, 0.2) is 12.2 Å². The minimum Gasteiger partial charge on any atom is -0.466 e. The zero-order valence-corrected chi connectivity index (χ0v) is 13.2. The zero-order valence-electron chi connectivity index (χ0n) is 13.2. The molecule has 2 rings (SSSR count). The first-order valence-corrected chi connectivity index (χ1v) is 7.54. The molecule has 0 aliphatic heterocycles. The van der Waals surface area contributed by atoms with Gasteiger partial charge in [0.25, 0.3) is 0 Å². The third-order valence-electron chi connectivity index (χ3n) is 4.68. The van der Waals surface area contributed by atoms with Crippen molar-refractivity contribution < 1.29 is 28.6 Å². The molecule has 2 fully saturated rings.